The van der Waals surface area contributed by atoms with E-state index in [0.29, 0.717) is 11.4 Å². The highest BCUT2D eigenvalue weighted by molar-refractivity contribution is 9.10. The minimum atomic E-state index is -4.46. The summed E-state index contributed by atoms with van der Waals surface area (Å²) in [5.74, 6) is 0.0201. The van der Waals surface area contributed by atoms with Gasteiger partial charge in [0.2, 0.25) is 0 Å². The number of benzene rings is 2. The van der Waals surface area contributed by atoms with Gasteiger partial charge in [-0.05, 0) is 58.4 Å². The molecule has 3 N–H and O–H groups in total. The molecule has 2 aromatic carbocycles. The number of nitrogens with zero attached hydrogens (tertiary/aromatic N) is 2. The van der Waals surface area contributed by atoms with Crippen molar-refractivity contribution >= 4 is 33.3 Å². The largest absolute Gasteiger partial charge is 0.457 e. The van der Waals surface area contributed by atoms with Gasteiger partial charge in [0.05, 0.1) is 10.0 Å². The molecule has 3 rings (SSSR count). The molecule has 1 amide bonds. The second kappa shape index (κ2) is 8.13. The van der Waals surface area contributed by atoms with Crippen LogP contribution >= 0.6 is 15.9 Å². The van der Waals surface area contributed by atoms with Gasteiger partial charge in [-0.3, -0.25) is 15.5 Å². The Morgan fingerprint density at radius 1 is 1.17 bits per heavy atom. The molecule has 0 fully saturated rings. The van der Waals surface area contributed by atoms with Crippen molar-refractivity contribution in [3.05, 3.63) is 64.3 Å². The molecule has 1 aromatic heterocycles. The summed E-state index contributed by atoms with van der Waals surface area (Å²) in [7, 11) is 1.54. The summed E-state index contributed by atoms with van der Waals surface area (Å²) in [6.45, 7) is 0. The Labute approximate surface area is 171 Å². The number of amides is 1. The number of rotatable bonds is 5. The van der Waals surface area contributed by atoms with Crippen LogP contribution in [-0.4, -0.2) is 20.9 Å². The number of aryl methyl sites for hydroxylation is 1. The number of hydrogen-bond donors (Lipinski definition) is 3. The van der Waals surface area contributed by atoms with Gasteiger partial charge in [0.15, 0.2) is 11.5 Å². The number of carbonyl (C=O) groups is 1. The molecule has 0 saturated heterocycles. The van der Waals surface area contributed by atoms with Crippen molar-refractivity contribution in [2.45, 2.75) is 6.18 Å². The topological polar surface area (TPSA) is 88.4 Å². The van der Waals surface area contributed by atoms with Gasteiger partial charge in [-0.2, -0.15) is 18.3 Å². The predicted molar refractivity (Wildman–Crippen MR) is 102 cm³/mol. The molecule has 0 aliphatic rings. The van der Waals surface area contributed by atoms with E-state index in [1.54, 1.807) is 7.05 Å². The van der Waals surface area contributed by atoms with Gasteiger partial charge in [0.25, 0.3) is 5.91 Å². The molecule has 11 heteroatoms. The number of carbonyl (C=O) groups excluding carboxylic acids is 1. The van der Waals surface area contributed by atoms with Crippen molar-refractivity contribution in [3.63, 3.8) is 0 Å². The van der Waals surface area contributed by atoms with E-state index in [-0.39, 0.29) is 21.7 Å². The number of nitrogens with one attached hydrogen (secondary N) is 2. The Bertz CT molecular complexity index is 1040. The maximum atomic E-state index is 12.8. The van der Waals surface area contributed by atoms with Crippen LogP contribution in [0.15, 0.2) is 53.0 Å². The van der Waals surface area contributed by atoms with E-state index in [9.17, 15) is 18.0 Å². The van der Waals surface area contributed by atoms with E-state index in [4.69, 9.17) is 9.94 Å². The molecule has 0 bridgehead atoms. The molecule has 0 unspecified atom stereocenters. The Balaban J connectivity index is 1.70. The van der Waals surface area contributed by atoms with Crippen molar-refractivity contribution in [1.82, 2.24) is 9.78 Å². The highest BCUT2D eigenvalue weighted by Crippen LogP contribution is 2.33. The third-order valence-electron chi connectivity index (χ3n) is 3.82. The summed E-state index contributed by atoms with van der Waals surface area (Å²) >= 11 is 3.18. The average molecular weight is 471 g/mol. The van der Waals surface area contributed by atoms with E-state index in [1.807, 2.05) is 5.48 Å². The van der Waals surface area contributed by atoms with Gasteiger partial charge in [0.1, 0.15) is 11.5 Å². The summed E-state index contributed by atoms with van der Waals surface area (Å²) in [6.07, 6.45) is -4.46. The second-order valence-electron chi connectivity index (χ2n) is 5.85. The number of anilines is 2. The SMILES string of the molecule is Cn1nc(C(=O)Nc2ccc(Oc3cccc(C(F)(F)F)c3)cc2)c(Br)c1NO. The van der Waals surface area contributed by atoms with Crippen molar-refractivity contribution in [1.29, 1.82) is 0 Å². The molecule has 0 aliphatic carbocycles. The predicted octanol–water partition coefficient (Wildman–Crippen LogP) is 5.05. The first-order chi connectivity index (χ1) is 13.7. The zero-order valence-electron chi connectivity index (χ0n) is 14.8. The van der Waals surface area contributed by atoms with Gasteiger partial charge in [0, 0.05) is 12.7 Å². The normalized spacial score (nSPS) is 11.2. The molecule has 1 heterocycles. The Kier molecular flexibility index (Phi) is 5.80. The lowest BCUT2D eigenvalue weighted by Crippen LogP contribution is -2.13. The fourth-order valence-corrected chi connectivity index (χ4v) is 3.04. The van der Waals surface area contributed by atoms with E-state index >= 15 is 0 Å². The van der Waals surface area contributed by atoms with Crippen LogP contribution in [0.3, 0.4) is 0 Å². The summed E-state index contributed by atoms with van der Waals surface area (Å²) in [4.78, 5) is 12.4. The summed E-state index contributed by atoms with van der Waals surface area (Å²) in [6, 6.07) is 10.6. The van der Waals surface area contributed by atoms with Crippen molar-refractivity contribution in [2.75, 3.05) is 10.8 Å². The van der Waals surface area contributed by atoms with Gasteiger partial charge < -0.3 is 10.1 Å². The van der Waals surface area contributed by atoms with E-state index in [1.165, 1.54) is 41.1 Å². The Morgan fingerprint density at radius 2 is 1.86 bits per heavy atom. The van der Waals surface area contributed by atoms with Crippen LogP contribution in [0.1, 0.15) is 16.1 Å². The van der Waals surface area contributed by atoms with E-state index < -0.39 is 17.6 Å². The lowest BCUT2D eigenvalue weighted by Gasteiger charge is -2.10. The van der Waals surface area contributed by atoms with Crippen LogP contribution in [-0.2, 0) is 13.2 Å². The molecular formula is C18H14BrF3N4O3. The molecule has 0 spiro atoms. The molecule has 0 saturated carbocycles. The third kappa shape index (κ3) is 4.69. The zero-order chi connectivity index (χ0) is 21.2. The Morgan fingerprint density at radius 3 is 2.45 bits per heavy atom. The highest BCUT2D eigenvalue weighted by atomic mass is 79.9. The minimum Gasteiger partial charge on any atom is -0.457 e. The number of aromatic nitrogens is 2. The van der Waals surface area contributed by atoms with Gasteiger partial charge >= 0.3 is 6.18 Å². The first kappa shape index (κ1) is 20.7. The molecule has 0 atom stereocenters. The van der Waals surface area contributed by atoms with Crippen LogP contribution in [0.4, 0.5) is 24.7 Å². The fourth-order valence-electron chi connectivity index (χ4n) is 2.43. The molecule has 0 aliphatic heterocycles. The molecular weight excluding hydrogens is 457 g/mol. The van der Waals surface area contributed by atoms with Crippen LogP contribution in [0.2, 0.25) is 0 Å². The summed E-state index contributed by atoms with van der Waals surface area (Å²) in [5.41, 5.74) is 1.59. The van der Waals surface area contributed by atoms with Gasteiger partial charge in [-0.15, -0.1) is 0 Å². The first-order valence-electron chi connectivity index (χ1n) is 8.08. The Hall–Kier alpha value is -3.05. The lowest BCUT2D eigenvalue weighted by molar-refractivity contribution is -0.137. The first-order valence-corrected chi connectivity index (χ1v) is 8.87. The van der Waals surface area contributed by atoms with Crippen LogP contribution in [0.25, 0.3) is 0 Å². The monoisotopic (exact) mass is 470 g/mol. The summed E-state index contributed by atoms with van der Waals surface area (Å²) in [5, 5.41) is 15.7. The molecule has 3 aromatic rings. The fraction of sp³-hybridized carbons (Fsp3) is 0.111. The molecule has 0 radical (unpaired) electrons. The quantitative estimate of drug-likeness (QED) is 0.454. The number of alkyl halides is 3. The maximum absolute atomic E-state index is 12.8. The zero-order valence-corrected chi connectivity index (χ0v) is 16.4. The third-order valence-corrected chi connectivity index (χ3v) is 4.57. The molecule has 29 heavy (non-hydrogen) atoms. The average Bonchev–Trinajstić information content (AvgIpc) is 2.96. The van der Waals surface area contributed by atoms with Crippen LogP contribution < -0.4 is 15.5 Å². The lowest BCUT2D eigenvalue weighted by atomic mass is 10.2. The maximum Gasteiger partial charge on any atom is 0.416 e. The standard InChI is InChI=1S/C18H14BrF3N4O3/c1-26-16(25-28)14(19)15(24-26)17(27)23-11-5-7-12(8-6-11)29-13-4-2-3-10(9-13)18(20,21)22/h2-9,25,28H,1H3,(H,23,27). The van der Waals surface area contributed by atoms with E-state index in [0.717, 1.165) is 12.1 Å². The highest BCUT2D eigenvalue weighted by Gasteiger charge is 2.30. The van der Waals surface area contributed by atoms with E-state index in [2.05, 4.69) is 26.3 Å². The van der Waals surface area contributed by atoms with Crippen molar-refractivity contribution in [2.24, 2.45) is 7.05 Å². The minimum absolute atomic E-state index is 0.0399. The molecule has 7 nitrogen and oxygen atoms in total. The number of ether oxygens (including phenoxy) is 1. The number of hydrogen-bond acceptors (Lipinski definition) is 5. The van der Waals surface area contributed by atoms with Crippen molar-refractivity contribution in [3.8, 4) is 11.5 Å². The summed E-state index contributed by atoms with van der Waals surface area (Å²) < 4.78 is 45.3. The number of halogens is 4. The molecule has 152 valence electrons. The smallest absolute Gasteiger partial charge is 0.416 e. The van der Waals surface area contributed by atoms with Gasteiger partial charge in [-0.1, -0.05) is 6.07 Å². The second-order valence-corrected chi connectivity index (χ2v) is 6.65. The van der Waals surface area contributed by atoms with Crippen LogP contribution in [0, 0.1) is 0 Å². The van der Waals surface area contributed by atoms with Crippen molar-refractivity contribution < 1.29 is 27.9 Å². The van der Waals surface area contributed by atoms with Crippen LogP contribution in [0.5, 0.6) is 11.5 Å². The van der Waals surface area contributed by atoms with Gasteiger partial charge in [-0.25, -0.2) is 4.68 Å².